The van der Waals surface area contributed by atoms with Crippen molar-refractivity contribution in [2.24, 2.45) is 10.3 Å². The number of nitrogens with zero attached hydrogens (tertiary/aromatic N) is 5. The van der Waals surface area contributed by atoms with Crippen LogP contribution in [0.15, 0.2) is 47.6 Å². The number of hydrogen-bond acceptors (Lipinski definition) is 13. The first-order valence-corrected chi connectivity index (χ1v) is 14.0. The monoisotopic (exact) mass is 601 g/mol. The maximum Gasteiger partial charge on any atom is 0.412 e. The smallest absolute Gasteiger partial charge is 0.412 e. The van der Waals surface area contributed by atoms with Gasteiger partial charge in [-0.15, -0.1) is 0 Å². The van der Waals surface area contributed by atoms with Crippen molar-refractivity contribution in [1.82, 2.24) is 20.0 Å². The van der Waals surface area contributed by atoms with E-state index in [1.807, 2.05) is 26.8 Å². The van der Waals surface area contributed by atoms with E-state index in [0.717, 1.165) is 0 Å². The van der Waals surface area contributed by atoms with Gasteiger partial charge < -0.3 is 35.1 Å². The van der Waals surface area contributed by atoms with E-state index in [1.54, 1.807) is 6.07 Å². The molecule has 3 heterocycles. The summed E-state index contributed by atoms with van der Waals surface area (Å²) < 4.78 is 23.4. The Hall–Kier alpha value is -3.90. The van der Waals surface area contributed by atoms with Crippen LogP contribution in [0.25, 0.3) is 5.52 Å². The highest BCUT2D eigenvalue weighted by Gasteiger charge is 2.57. The average Bonchev–Trinajstić information content (AvgIpc) is 3.50. The van der Waals surface area contributed by atoms with Crippen molar-refractivity contribution < 1.29 is 38.6 Å². The summed E-state index contributed by atoms with van der Waals surface area (Å²) in [5, 5.41) is 35.6. The molecule has 1 aliphatic rings. The van der Waals surface area contributed by atoms with E-state index < -0.39 is 44.1 Å². The van der Waals surface area contributed by atoms with E-state index in [1.165, 1.54) is 48.1 Å². The maximum atomic E-state index is 12.2. The van der Waals surface area contributed by atoms with Crippen LogP contribution in [-0.4, -0.2) is 68.3 Å². The number of esters is 1. The minimum Gasteiger partial charge on any atom is -0.574 e. The molecule has 16 heteroatoms. The first-order valence-electron chi connectivity index (χ1n) is 12.9. The second-order valence-electron chi connectivity index (χ2n) is 10.8. The van der Waals surface area contributed by atoms with E-state index in [2.05, 4.69) is 20.4 Å². The number of nitrogens with one attached hydrogen (secondary N) is 1. The number of nitrogen functional groups attached to an aromatic ring is 1. The zero-order valence-electron chi connectivity index (χ0n) is 23.4. The van der Waals surface area contributed by atoms with E-state index in [-0.39, 0.29) is 35.9 Å². The van der Waals surface area contributed by atoms with Gasteiger partial charge in [-0.1, -0.05) is 20.8 Å². The van der Waals surface area contributed by atoms with Crippen molar-refractivity contribution in [3.8, 4) is 17.6 Å². The Bertz CT molecular complexity index is 1490. The average molecular weight is 602 g/mol. The Morgan fingerprint density at radius 3 is 2.67 bits per heavy atom. The Labute approximate surface area is 242 Å². The number of aromatic nitrogens is 3. The quantitative estimate of drug-likeness (QED) is 0.145. The Kier molecular flexibility index (Phi) is 9.27. The molecule has 5 N–H and O–H groups in total. The van der Waals surface area contributed by atoms with Crippen LogP contribution in [0.2, 0.25) is 0 Å². The van der Waals surface area contributed by atoms with Gasteiger partial charge in [0.25, 0.3) is 0 Å². The second-order valence-corrected chi connectivity index (χ2v) is 11.7. The fourth-order valence-electron chi connectivity index (χ4n) is 4.04. The van der Waals surface area contributed by atoms with Crippen LogP contribution in [0.3, 0.4) is 0 Å². The van der Waals surface area contributed by atoms with Crippen molar-refractivity contribution in [2.75, 3.05) is 18.9 Å². The molecule has 0 aliphatic carbocycles. The molecular formula is C26H32N7O8P. The SMILES string of the molecule is C[C@H](N/N=[P+](\[O-])Oc1ccc(OC[C@H]2O[C@@](C#N)(c3ccc4c(N)ncnn34)[C@H](O)[C@@H]2O)cc1)C(=O)OCC(C)(C)C. The number of ether oxygens (including phenoxy) is 3. The standard InChI is InChI=1S/C26H32N7O8P/c1-15(24(36)39-13-25(2,3)4)31-32-42(37)41-17-7-5-16(6-8-17)38-11-19-21(34)22(35)26(12-27,40-19)20-10-9-18-23(28)29-14-30-33(18)20/h5-10,14-15,19,21-22,31,34-35H,11,13H2,1-4H3,(H2,28,29,30)/t15-,19+,21+,22+,26-/m0/s1. The molecule has 6 atom stereocenters. The van der Waals surface area contributed by atoms with Gasteiger partial charge in [0.1, 0.15) is 54.6 Å². The molecule has 1 fully saturated rings. The number of rotatable bonds is 10. The lowest BCUT2D eigenvalue weighted by atomic mass is 9.92. The molecule has 1 saturated heterocycles. The summed E-state index contributed by atoms with van der Waals surface area (Å²) in [5.74, 6) is 0.200. The number of carbonyl (C=O) groups is 1. The second kappa shape index (κ2) is 12.5. The molecule has 224 valence electrons. The van der Waals surface area contributed by atoms with Crippen LogP contribution in [0, 0.1) is 16.7 Å². The third-order valence-electron chi connectivity index (χ3n) is 6.24. The lowest BCUT2D eigenvalue weighted by Gasteiger charge is -2.24. The number of benzene rings is 1. The van der Waals surface area contributed by atoms with Gasteiger partial charge in [0.15, 0.2) is 11.6 Å². The van der Waals surface area contributed by atoms with Gasteiger partial charge in [-0.2, -0.15) is 15.8 Å². The van der Waals surface area contributed by atoms with Crippen molar-refractivity contribution >= 4 is 25.5 Å². The number of nitrogens with two attached hydrogens (primary N) is 1. The van der Waals surface area contributed by atoms with Crippen LogP contribution < -0.4 is 25.3 Å². The summed E-state index contributed by atoms with van der Waals surface area (Å²) in [6, 6.07) is 10.3. The zero-order valence-corrected chi connectivity index (χ0v) is 24.3. The fourth-order valence-corrected chi connectivity index (χ4v) is 4.65. The summed E-state index contributed by atoms with van der Waals surface area (Å²) in [7, 11) is -2.54. The van der Waals surface area contributed by atoms with Gasteiger partial charge in [0.05, 0.1) is 12.3 Å². The predicted molar refractivity (Wildman–Crippen MR) is 147 cm³/mol. The maximum absolute atomic E-state index is 12.2. The highest BCUT2D eigenvalue weighted by atomic mass is 31.1. The minimum atomic E-state index is -2.54. The number of anilines is 1. The lowest BCUT2D eigenvalue weighted by Crippen LogP contribution is -2.41. The molecule has 1 aliphatic heterocycles. The van der Waals surface area contributed by atoms with Crippen LogP contribution in [0.5, 0.6) is 11.5 Å². The third-order valence-corrected chi connectivity index (χ3v) is 6.89. The molecule has 0 amide bonds. The van der Waals surface area contributed by atoms with Crippen LogP contribution >= 0.6 is 8.17 Å². The summed E-state index contributed by atoms with van der Waals surface area (Å²) in [6.07, 6.45) is -2.94. The Morgan fingerprint density at radius 1 is 1.31 bits per heavy atom. The predicted octanol–water partition coefficient (Wildman–Crippen LogP) is 0.947. The topological polar surface area (TPSA) is 222 Å². The number of nitriles is 1. The first kappa shape index (κ1) is 31.0. The van der Waals surface area contributed by atoms with Gasteiger partial charge >= 0.3 is 14.1 Å². The number of carbonyl (C=O) groups excluding carboxylic acids is 1. The van der Waals surface area contributed by atoms with Gasteiger partial charge in [-0.25, -0.2) is 9.50 Å². The summed E-state index contributed by atoms with van der Waals surface area (Å²) in [4.78, 5) is 31.8. The molecule has 0 saturated carbocycles. The Balaban J connectivity index is 1.33. The highest BCUT2D eigenvalue weighted by Crippen LogP contribution is 2.40. The van der Waals surface area contributed by atoms with Gasteiger partial charge in [0, 0.05) is 4.85 Å². The summed E-state index contributed by atoms with van der Waals surface area (Å²) in [5.41, 5.74) is 6.79. The zero-order chi connectivity index (χ0) is 30.7. The number of hydrogen-bond donors (Lipinski definition) is 4. The molecule has 1 aromatic carbocycles. The number of aliphatic hydroxyl groups is 2. The van der Waals surface area contributed by atoms with Crippen LogP contribution in [0.4, 0.5) is 5.82 Å². The third kappa shape index (κ3) is 6.76. The molecule has 2 aromatic heterocycles. The molecule has 3 aromatic rings. The van der Waals surface area contributed by atoms with Crippen molar-refractivity contribution in [2.45, 2.75) is 57.6 Å². The van der Waals surface area contributed by atoms with Gasteiger partial charge in [-0.3, -0.25) is 9.32 Å². The minimum absolute atomic E-state index is 0.171. The van der Waals surface area contributed by atoms with Crippen LogP contribution in [-0.2, 0) is 19.9 Å². The van der Waals surface area contributed by atoms with Crippen molar-refractivity contribution in [3.05, 3.63) is 48.4 Å². The van der Waals surface area contributed by atoms with E-state index in [9.17, 15) is 25.2 Å². The molecule has 0 spiro atoms. The molecule has 15 nitrogen and oxygen atoms in total. The molecule has 42 heavy (non-hydrogen) atoms. The largest absolute Gasteiger partial charge is 0.574 e. The first-order chi connectivity index (χ1) is 19.8. The van der Waals surface area contributed by atoms with Gasteiger partial charge in [-0.05, 0) is 48.7 Å². The lowest BCUT2D eigenvalue weighted by molar-refractivity contribution is -0.169. The van der Waals surface area contributed by atoms with Crippen LogP contribution in [0.1, 0.15) is 33.4 Å². The Morgan fingerprint density at radius 2 is 2.00 bits per heavy atom. The highest BCUT2D eigenvalue weighted by molar-refractivity contribution is 7.33. The summed E-state index contributed by atoms with van der Waals surface area (Å²) >= 11 is 0. The van der Waals surface area contributed by atoms with E-state index >= 15 is 0 Å². The molecular weight excluding hydrogens is 569 g/mol. The molecule has 1 unspecified atom stereocenters. The number of fused-ring (bicyclic) bond motifs is 1. The number of aliphatic hydroxyl groups excluding tert-OH is 2. The summed E-state index contributed by atoms with van der Waals surface area (Å²) in [6.45, 7) is 7.34. The van der Waals surface area contributed by atoms with Crippen molar-refractivity contribution in [3.63, 3.8) is 0 Å². The molecule has 0 radical (unpaired) electrons. The van der Waals surface area contributed by atoms with E-state index in [0.29, 0.717) is 11.3 Å². The van der Waals surface area contributed by atoms with Crippen molar-refractivity contribution in [1.29, 1.82) is 5.26 Å². The normalized spacial score (nSPS) is 23.4. The molecule has 0 bridgehead atoms. The van der Waals surface area contributed by atoms with Gasteiger partial charge in [0.2, 0.25) is 5.60 Å². The van der Waals surface area contributed by atoms with E-state index in [4.69, 9.17) is 24.5 Å². The fraction of sp³-hybridized carbons (Fsp3) is 0.462. The molecule has 4 rings (SSSR count).